The Balaban J connectivity index is 0.000000776. The Kier molecular flexibility index (Phi) is 57.0. The first-order valence-electron chi connectivity index (χ1n) is 42.4. The summed E-state index contributed by atoms with van der Waals surface area (Å²) in [6, 6.07) is 3.85. The molecule has 41 nitrogen and oxygen atoms in total. The maximum absolute atomic E-state index is 13.5. The van der Waals surface area contributed by atoms with Crippen LogP contribution < -0.4 is 0 Å². The molecule has 0 aliphatic heterocycles. The number of esters is 9. The number of carboxylic acids is 2. The van der Waals surface area contributed by atoms with Gasteiger partial charge in [0.05, 0.1) is 191 Å². The smallest absolute Gasteiger partial charge is 0.385 e. The van der Waals surface area contributed by atoms with E-state index in [2.05, 4.69) is 155 Å². The van der Waals surface area contributed by atoms with Crippen molar-refractivity contribution in [3.63, 3.8) is 0 Å². The Hall–Kier alpha value is -11.3. The number of thiazole rings is 4. The van der Waals surface area contributed by atoms with Crippen LogP contribution in [0.3, 0.4) is 0 Å². The highest BCUT2D eigenvalue weighted by molar-refractivity contribution is 14.1. The standard InChI is InChI=1S/C9H11F2NO2S.2C9H14N2O2.C9H13NO2S.C8H11BrN2O2.C8H11IN2O2.C8H12N2O2.C8H11NO2S.C7H7F2NO2S.C7H9IN2O2.C7H11N3O2/c1-4-14-8(13)9(10,11)7-5(2)15-6(3)12-7;1-6-7(2)11(3)10-8(6)5-9(12)13-4;1-7-6-8(10-11(7)2)4-5-9(12)13-3;1-4-12-9(11)5-8-6(2)13-7(3)10-8;2*1-5-8(9)6(10-11(5)2)4-7(12)13-3;1-6-4-7(9-10(6)2)5-8(11)12-3;1-3-11-8(10)4-7-5-12-6(2)9-7;1-3-5(10-4(2)13-3)7(8,9)6(11)12;1-4-7(8)5(3-6(11)12)9-10(4)2;1-5-8-6(9-10(5)2)4-7(11)12-3/h4H2,1-3H3;5H2,1-4H3;6H,4-5H2,1-3H3;4-5H2,1-3H3;2*4H2,1-3H3;4H,5H2,1-3H3;5H,3-4H2,1-2H3;1-2H3,(H,11,12);3H2,1-2H3,(H,11,12);4H2,1-3H3. The van der Waals surface area contributed by atoms with Crippen LogP contribution in [0.5, 0.6) is 0 Å². The minimum Gasteiger partial charge on any atom is -0.481 e. The van der Waals surface area contributed by atoms with E-state index in [-0.39, 0.29) is 104 Å². The van der Waals surface area contributed by atoms with Gasteiger partial charge < -0.3 is 52.8 Å². The van der Waals surface area contributed by atoms with Gasteiger partial charge in [0.15, 0.2) is 5.82 Å². The molecule has 0 amide bonds. The van der Waals surface area contributed by atoms with Crippen LogP contribution in [0.2, 0.25) is 0 Å². The lowest BCUT2D eigenvalue weighted by Gasteiger charge is -2.12. The summed E-state index contributed by atoms with van der Waals surface area (Å²) in [7, 11) is 21.1. The number of aryl methyl sites for hydroxylation is 18. The number of alkyl halides is 4. The number of aliphatic carboxylic acids is 2. The molecule has 0 aliphatic rings. The van der Waals surface area contributed by atoms with E-state index in [0.717, 1.165) is 129 Å². The molecule has 0 unspecified atom stereocenters. The number of rotatable bonds is 26. The van der Waals surface area contributed by atoms with E-state index in [9.17, 15) is 70.3 Å². The average Bonchev–Trinajstić information content (AvgIpc) is 1.68. The van der Waals surface area contributed by atoms with Gasteiger partial charge in [0.25, 0.3) is 0 Å². The quantitative estimate of drug-likeness (QED) is 0.0220. The van der Waals surface area contributed by atoms with Crippen molar-refractivity contribution in [1.29, 1.82) is 0 Å². The lowest BCUT2D eigenvalue weighted by Crippen LogP contribution is -2.29. The topological polar surface area (TPSA) is 500 Å². The summed E-state index contributed by atoms with van der Waals surface area (Å²) in [6.45, 7) is 33.3. The van der Waals surface area contributed by atoms with E-state index in [1.165, 1.54) is 63.4 Å². The van der Waals surface area contributed by atoms with Crippen molar-refractivity contribution >= 4 is 172 Å². The highest BCUT2D eigenvalue weighted by Gasteiger charge is 2.47. The number of hydrogen-bond donors (Lipinski definition) is 2. The Morgan fingerprint density at radius 1 is 0.383 bits per heavy atom. The predicted octanol–water partition coefficient (Wildman–Crippen LogP) is 12.9. The summed E-state index contributed by atoms with van der Waals surface area (Å²) < 4.78 is 109. The number of ether oxygens (including phenoxy) is 9. The normalized spacial score (nSPS) is 10.4. The third-order valence-electron chi connectivity index (χ3n) is 19.0. The maximum atomic E-state index is 13.5. The molecule has 11 aromatic rings. The number of methoxy groups -OCH3 is 6. The number of hydrogen-bond acceptors (Lipinski definition) is 36. The first-order chi connectivity index (χ1) is 65.7. The van der Waals surface area contributed by atoms with Crippen LogP contribution in [-0.4, -0.2) is 232 Å². The van der Waals surface area contributed by atoms with Gasteiger partial charge in [-0.15, -0.1) is 45.3 Å². The van der Waals surface area contributed by atoms with Crippen LogP contribution in [0.4, 0.5) is 17.6 Å². The zero-order chi connectivity index (χ0) is 108. The summed E-state index contributed by atoms with van der Waals surface area (Å²) in [6.07, 6.45) is 2.72. The summed E-state index contributed by atoms with van der Waals surface area (Å²) in [5.74, 6) is -12.7. The molecule has 11 heterocycles. The van der Waals surface area contributed by atoms with E-state index in [1.807, 2.05) is 136 Å². The van der Waals surface area contributed by atoms with Crippen LogP contribution in [0.25, 0.3) is 0 Å². The van der Waals surface area contributed by atoms with Crippen molar-refractivity contribution < 1.29 is 123 Å². The van der Waals surface area contributed by atoms with Crippen LogP contribution in [0.1, 0.15) is 170 Å². The summed E-state index contributed by atoms with van der Waals surface area (Å²) in [4.78, 5) is 140. The molecule has 0 aromatic carbocycles. The molecule has 780 valence electrons. The Morgan fingerprint density at radius 2 is 0.759 bits per heavy atom. The molecule has 0 radical (unpaired) electrons. The zero-order valence-corrected chi connectivity index (χ0v) is 93.9. The lowest BCUT2D eigenvalue weighted by molar-refractivity contribution is -0.173. The molecular formula is C89H124BrF4I2N19O22S4. The van der Waals surface area contributed by atoms with Crippen molar-refractivity contribution in [2.75, 3.05) is 62.5 Å². The second kappa shape index (κ2) is 62.9. The SMILES string of the molecule is CCOC(=O)C(F)(F)c1nc(C)sc1C.CCOC(=O)Cc1csc(C)n1.CCOC(=O)Cc1nc(C)sc1C.COC(=O)CCc1cc(C)n(C)n1.COC(=O)Cc1cc(C)n(C)n1.COC(=O)Cc1nc(C)n(C)n1.COC(=O)Cc1nn(C)c(C)c1Br.COC(=O)Cc1nn(C)c(C)c1C.COC(=O)Cc1nn(C)c(C)c1I.Cc1c(I)c(CC(=O)O)nn1C.Cc1nc(C(F)(F)C(=O)O)c(C)s1. The van der Waals surface area contributed by atoms with Gasteiger partial charge in [0, 0.05) is 110 Å². The molecule has 0 fully saturated rings. The fraction of sp³-hybridized carbons (Fsp3) is 0.517. The van der Waals surface area contributed by atoms with Crippen molar-refractivity contribution in [3.8, 4) is 0 Å². The van der Waals surface area contributed by atoms with Gasteiger partial charge in [-0.05, 0) is 203 Å². The molecule has 0 atom stereocenters. The molecule has 11 rings (SSSR count). The van der Waals surface area contributed by atoms with Crippen LogP contribution in [0, 0.1) is 111 Å². The average molecular weight is 2350 g/mol. The van der Waals surface area contributed by atoms with Crippen molar-refractivity contribution in [3.05, 3.63) is 172 Å². The highest BCUT2D eigenvalue weighted by Crippen LogP contribution is 2.35. The molecule has 52 heteroatoms. The number of aromatic nitrogens is 19. The predicted molar refractivity (Wildman–Crippen MR) is 536 cm³/mol. The van der Waals surface area contributed by atoms with Gasteiger partial charge in [0.2, 0.25) is 0 Å². The van der Waals surface area contributed by atoms with Gasteiger partial charge >= 0.3 is 77.5 Å². The first kappa shape index (κ1) is 128. The van der Waals surface area contributed by atoms with Gasteiger partial charge in [-0.3, -0.25) is 75.9 Å². The Bertz CT molecular complexity index is 5690. The second-order valence-corrected chi connectivity index (χ2v) is 37.8. The molecule has 0 bridgehead atoms. The van der Waals surface area contributed by atoms with Gasteiger partial charge in [-0.2, -0.15) is 53.3 Å². The zero-order valence-electron chi connectivity index (χ0n) is 84.8. The van der Waals surface area contributed by atoms with Crippen molar-refractivity contribution in [2.45, 2.75) is 201 Å². The monoisotopic (exact) mass is 2350 g/mol. The number of nitrogens with zero attached hydrogens (tertiary/aromatic N) is 19. The number of carbonyl (C=O) groups excluding carboxylic acids is 9. The molecule has 11 aromatic heterocycles. The minimum absolute atomic E-state index is 0.0000463. The third-order valence-corrected chi connectivity index (χ3v) is 26.4. The molecule has 2 N–H and O–H groups in total. The van der Waals surface area contributed by atoms with Gasteiger partial charge in [-0.1, -0.05) is 0 Å². The van der Waals surface area contributed by atoms with Crippen LogP contribution in [-0.2, 0) is 214 Å². The van der Waals surface area contributed by atoms with E-state index < -0.39 is 41.1 Å². The number of halogens is 7. The Morgan fingerprint density at radius 3 is 1.11 bits per heavy atom. The Labute approximate surface area is 866 Å². The van der Waals surface area contributed by atoms with Gasteiger partial charge in [-0.25, -0.2) is 34.5 Å². The largest absolute Gasteiger partial charge is 0.481 e. The van der Waals surface area contributed by atoms with Crippen LogP contribution in [0.15, 0.2) is 22.0 Å². The number of carbonyl (C=O) groups is 11. The minimum atomic E-state index is -3.88. The molecule has 0 spiro atoms. The highest BCUT2D eigenvalue weighted by atomic mass is 127. The van der Waals surface area contributed by atoms with Crippen LogP contribution >= 0.6 is 106 Å². The summed E-state index contributed by atoms with van der Waals surface area (Å²) in [5, 5.41) is 50.6. The summed E-state index contributed by atoms with van der Waals surface area (Å²) >= 11 is 13.0. The van der Waals surface area contributed by atoms with Crippen molar-refractivity contribution in [1.82, 2.24) is 93.4 Å². The summed E-state index contributed by atoms with van der Waals surface area (Å²) in [5.41, 5.74) is 12.5. The molecular weight excluding hydrogens is 2230 g/mol. The van der Waals surface area contributed by atoms with Gasteiger partial charge in [0.1, 0.15) is 23.6 Å². The fourth-order valence-corrected chi connectivity index (χ4v) is 15.8. The second-order valence-electron chi connectivity index (χ2n) is 29.6. The third kappa shape index (κ3) is 44.4. The van der Waals surface area contributed by atoms with E-state index in [4.69, 9.17) is 19.7 Å². The molecule has 0 saturated carbocycles. The fourth-order valence-electron chi connectivity index (χ4n) is 10.8. The molecule has 0 saturated heterocycles. The van der Waals surface area contributed by atoms with E-state index in [0.29, 0.717) is 64.6 Å². The van der Waals surface area contributed by atoms with E-state index in [1.54, 1.807) is 90.2 Å². The lowest BCUT2D eigenvalue weighted by atomic mass is 10.2. The molecule has 141 heavy (non-hydrogen) atoms. The number of carboxylic acid groups (broad SMARTS) is 2. The maximum Gasteiger partial charge on any atom is 0.385 e. The molecule has 0 aliphatic carbocycles. The van der Waals surface area contributed by atoms with E-state index >= 15 is 0 Å². The first-order valence-corrected chi connectivity index (χ1v) is 48.7. The van der Waals surface area contributed by atoms with Crippen molar-refractivity contribution in [2.24, 2.45) is 49.3 Å².